The lowest BCUT2D eigenvalue weighted by Crippen LogP contribution is -2.49. The van der Waals surface area contributed by atoms with Crippen LogP contribution in [0.15, 0.2) is 42.6 Å². The quantitative estimate of drug-likeness (QED) is 0.757. The van der Waals surface area contributed by atoms with Gasteiger partial charge in [-0.25, -0.2) is 9.37 Å². The molecule has 2 aromatic rings. The first-order valence-electron chi connectivity index (χ1n) is 9.16. The van der Waals surface area contributed by atoms with Crippen LogP contribution in [-0.4, -0.2) is 62.2 Å². The van der Waals surface area contributed by atoms with Gasteiger partial charge >= 0.3 is 0 Å². The van der Waals surface area contributed by atoms with Gasteiger partial charge in [0.15, 0.2) is 0 Å². The van der Waals surface area contributed by atoms with Crippen molar-refractivity contribution in [3.8, 4) is 0 Å². The molecule has 144 valence electrons. The molecule has 1 aromatic heterocycles. The first-order valence-corrected chi connectivity index (χ1v) is 9.16. The number of aromatic nitrogens is 1. The van der Waals surface area contributed by atoms with Gasteiger partial charge in [-0.2, -0.15) is 0 Å². The number of benzene rings is 1. The molecule has 1 amide bonds. The molecule has 0 saturated carbocycles. The third-order valence-corrected chi connectivity index (χ3v) is 4.60. The Labute approximate surface area is 158 Å². The van der Waals surface area contributed by atoms with Gasteiger partial charge in [-0.1, -0.05) is 12.1 Å². The molecular weight excluding hydrogens is 347 g/mol. The van der Waals surface area contributed by atoms with Crippen molar-refractivity contribution in [2.45, 2.75) is 6.42 Å². The summed E-state index contributed by atoms with van der Waals surface area (Å²) in [6.07, 6.45) is 2.50. The highest BCUT2D eigenvalue weighted by Gasteiger charge is 2.23. The van der Waals surface area contributed by atoms with Crippen LogP contribution in [-0.2, 0) is 4.74 Å². The summed E-state index contributed by atoms with van der Waals surface area (Å²) in [6, 6.07) is 10.3. The van der Waals surface area contributed by atoms with Gasteiger partial charge in [0.1, 0.15) is 11.6 Å². The molecule has 0 atom stereocenters. The average Bonchev–Trinajstić information content (AvgIpc) is 2.72. The van der Waals surface area contributed by atoms with E-state index in [2.05, 4.69) is 10.3 Å². The van der Waals surface area contributed by atoms with Crippen LogP contribution in [0.25, 0.3) is 0 Å². The van der Waals surface area contributed by atoms with Gasteiger partial charge < -0.3 is 19.9 Å². The molecule has 0 radical (unpaired) electrons. The summed E-state index contributed by atoms with van der Waals surface area (Å²) in [4.78, 5) is 20.8. The molecule has 1 aromatic carbocycles. The molecule has 0 spiro atoms. The molecule has 2 heterocycles. The Bertz CT molecular complexity index is 746. The monoisotopic (exact) mass is 372 g/mol. The van der Waals surface area contributed by atoms with E-state index in [1.165, 1.54) is 6.07 Å². The van der Waals surface area contributed by atoms with E-state index in [4.69, 9.17) is 4.74 Å². The summed E-state index contributed by atoms with van der Waals surface area (Å²) in [6.45, 7) is 3.81. The number of ether oxygens (including phenoxy) is 1. The Hall–Kier alpha value is -2.67. The Kier molecular flexibility index (Phi) is 6.59. The predicted molar refractivity (Wildman–Crippen MR) is 104 cm³/mol. The van der Waals surface area contributed by atoms with Gasteiger partial charge in [0, 0.05) is 52.6 Å². The summed E-state index contributed by atoms with van der Waals surface area (Å²) in [7, 11) is 1.68. The summed E-state index contributed by atoms with van der Waals surface area (Å²) in [5.74, 6) is 0.476. The van der Waals surface area contributed by atoms with Crippen molar-refractivity contribution in [2.24, 2.45) is 0 Å². The van der Waals surface area contributed by atoms with Crippen molar-refractivity contribution in [1.29, 1.82) is 0 Å². The topological polar surface area (TPSA) is 57.7 Å². The van der Waals surface area contributed by atoms with Crippen molar-refractivity contribution in [2.75, 3.05) is 56.7 Å². The van der Waals surface area contributed by atoms with Gasteiger partial charge in [-0.05, 0) is 30.7 Å². The maximum atomic E-state index is 13.9. The zero-order valence-electron chi connectivity index (χ0n) is 15.5. The summed E-state index contributed by atoms with van der Waals surface area (Å²) >= 11 is 0. The molecule has 6 nitrogen and oxygen atoms in total. The number of hydrogen-bond donors (Lipinski definition) is 1. The zero-order valence-corrected chi connectivity index (χ0v) is 15.5. The molecule has 1 aliphatic rings. The van der Waals surface area contributed by atoms with E-state index in [0.29, 0.717) is 44.0 Å². The molecular formula is C20H25FN4O2. The number of rotatable bonds is 7. The lowest BCUT2D eigenvalue weighted by atomic mass is 10.2. The Morgan fingerprint density at radius 2 is 1.96 bits per heavy atom. The van der Waals surface area contributed by atoms with Gasteiger partial charge in [-0.15, -0.1) is 0 Å². The van der Waals surface area contributed by atoms with Crippen LogP contribution in [0.4, 0.5) is 15.9 Å². The van der Waals surface area contributed by atoms with E-state index in [9.17, 15) is 9.18 Å². The Balaban J connectivity index is 1.52. The molecule has 0 bridgehead atoms. The standard InChI is InChI=1S/C20H25FN4O2/c1-27-14-4-9-22-19-8-7-16(15-23-19)20(26)25-12-10-24(11-13-25)18-6-3-2-5-17(18)21/h2-3,5-8,15H,4,9-14H2,1H3,(H,22,23). The van der Waals surface area contributed by atoms with E-state index in [1.807, 2.05) is 17.0 Å². The van der Waals surface area contributed by atoms with Crippen molar-refractivity contribution < 1.29 is 13.9 Å². The zero-order chi connectivity index (χ0) is 19.1. The number of carbonyl (C=O) groups excluding carboxylic acids is 1. The fraction of sp³-hybridized carbons (Fsp3) is 0.400. The molecule has 1 aliphatic heterocycles. The number of para-hydroxylation sites is 1. The van der Waals surface area contributed by atoms with E-state index in [0.717, 1.165) is 18.8 Å². The smallest absolute Gasteiger partial charge is 0.255 e. The van der Waals surface area contributed by atoms with Crippen molar-refractivity contribution >= 4 is 17.4 Å². The maximum Gasteiger partial charge on any atom is 0.255 e. The minimum atomic E-state index is -0.227. The normalized spacial score (nSPS) is 14.3. The third kappa shape index (κ3) is 4.95. The number of nitrogens with one attached hydrogen (secondary N) is 1. The molecule has 3 rings (SSSR count). The van der Waals surface area contributed by atoms with Crippen LogP contribution in [0, 0.1) is 5.82 Å². The summed E-state index contributed by atoms with van der Waals surface area (Å²) in [5, 5.41) is 3.20. The lowest BCUT2D eigenvalue weighted by molar-refractivity contribution is 0.0746. The van der Waals surface area contributed by atoms with E-state index < -0.39 is 0 Å². The molecule has 1 fully saturated rings. The Morgan fingerprint density at radius 1 is 1.19 bits per heavy atom. The Morgan fingerprint density at radius 3 is 2.63 bits per heavy atom. The van der Waals surface area contributed by atoms with Crippen molar-refractivity contribution in [1.82, 2.24) is 9.88 Å². The number of piperazine rings is 1. The highest BCUT2D eigenvalue weighted by atomic mass is 19.1. The number of pyridine rings is 1. The van der Waals surface area contributed by atoms with Crippen LogP contribution in [0.1, 0.15) is 16.8 Å². The van der Waals surface area contributed by atoms with Crippen LogP contribution >= 0.6 is 0 Å². The first-order chi connectivity index (χ1) is 13.2. The second-order valence-electron chi connectivity index (χ2n) is 6.44. The highest BCUT2D eigenvalue weighted by molar-refractivity contribution is 5.94. The van der Waals surface area contributed by atoms with Crippen LogP contribution in [0.3, 0.4) is 0 Å². The fourth-order valence-corrected chi connectivity index (χ4v) is 3.10. The number of carbonyl (C=O) groups is 1. The second-order valence-corrected chi connectivity index (χ2v) is 6.44. The van der Waals surface area contributed by atoms with E-state index in [-0.39, 0.29) is 11.7 Å². The molecule has 1 saturated heterocycles. The first kappa shape index (κ1) is 19.1. The van der Waals surface area contributed by atoms with Gasteiger partial charge in [0.05, 0.1) is 11.3 Å². The minimum absolute atomic E-state index is 0.0402. The molecule has 27 heavy (non-hydrogen) atoms. The largest absolute Gasteiger partial charge is 0.385 e. The average molecular weight is 372 g/mol. The number of hydrogen-bond acceptors (Lipinski definition) is 5. The molecule has 0 unspecified atom stereocenters. The molecule has 0 aliphatic carbocycles. The van der Waals surface area contributed by atoms with E-state index in [1.54, 1.807) is 36.4 Å². The van der Waals surface area contributed by atoms with Crippen molar-refractivity contribution in [3.05, 3.63) is 54.0 Å². The van der Waals surface area contributed by atoms with Gasteiger partial charge in [0.2, 0.25) is 0 Å². The molecule has 1 N–H and O–H groups in total. The third-order valence-electron chi connectivity index (χ3n) is 4.60. The maximum absolute atomic E-state index is 13.9. The summed E-state index contributed by atoms with van der Waals surface area (Å²) in [5.41, 5.74) is 1.16. The van der Waals surface area contributed by atoms with Crippen LogP contribution in [0.2, 0.25) is 0 Å². The van der Waals surface area contributed by atoms with Crippen LogP contribution in [0.5, 0.6) is 0 Å². The second kappa shape index (κ2) is 9.32. The lowest BCUT2D eigenvalue weighted by Gasteiger charge is -2.36. The fourth-order valence-electron chi connectivity index (χ4n) is 3.10. The van der Waals surface area contributed by atoms with Gasteiger partial charge in [0.25, 0.3) is 5.91 Å². The van der Waals surface area contributed by atoms with E-state index >= 15 is 0 Å². The van der Waals surface area contributed by atoms with Crippen molar-refractivity contribution in [3.63, 3.8) is 0 Å². The predicted octanol–water partition coefficient (Wildman–Crippen LogP) is 2.63. The van der Waals surface area contributed by atoms with Crippen LogP contribution < -0.4 is 10.2 Å². The SMILES string of the molecule is COCCCNc1ccc(C(=O)N2CCN(c3ccccc3F)CC2)cn1. The minimum Gasteiger partial charge on any atom is -0.385 e. The number of anilines is 2. The number of methoxy groups -OCH3 is 1. The number of amides is 1. The number of halogens is 1. The highest BCUT2D eigenvalue weighted by Crippen LogP contribution is 2.20. The number of nitrogens with zero attached hydrogens (tertiary/aromatic N) is 3. The molecule has 7 heteroatoms. The summed E-state index contributed by atoms with van der Waals surface area (Å²) < 4.78 is 18.9. The van der Waals surface area contributed by atoms with Gasteiger partial charge in [-0.3, -0.25) is 4.79 Å².